The van der Waals surface area contributed by atoms with E-state index >= 15 is 0 Å². The Morgan fingerprint density at radius 1 is 1.24 bits per heavy atom. The smallest absolute Gasteiger partial charge is 0.224 e. The van der Waals surface area contributed by atoms with Crippen LogP contribution in [0.1, 0.15) is 19.5 Å². The fourth-order valence-corrected chi connectivity index (χ4v) is 2.14. The number of fused-ring (bicyclic) bond motifs is 1. The Morgan fingerprint density at radius 3 is 2.71 bits per heavy atom. The number of halogens is 3. The third-order valence-corrected chi connectivity index (χ3v) is 3.24. The predicted molar refractivity (Wildman–Crippen MR) is 75.8 cm³/mol. The van der Waals surface area contributed by atoms with Crippen molar-refractivity contribution in [3.05, 3.63) is 47.4 Å². The Hall–Kier alpha value is -2.08. The summed E-state index contributed by atoms with van der Waals surface area (Å²) in [6, 6.07) is 4.88. The molecule has 0 saturated carbocycles. The van der Waals surface area contributed by atoms with Crippen molar-refractivity contribution >= 4 is 22.6 Å². The highest BCUT2D eigenvalue weighted by Crippen LogP contribution is 2.26. The van der Waals surface area contributed by atoms with Gasteiger partial charge in [-0.2, -0.15) is 4.98 Å². The van der Waals surface area contributed by atoms with Crippen LogP contribution in [0.4, 0.5) is 8.78 Å². The van der Waals surface area contributed by atoms with E-state index in [4.69, 9.17) is 11.6 Å². The summed E-state index contributed by atoms with van der Waals surface area (Å²) in [5, 5.41) is 0.231. The van der Waals surface area contributed by atoms with E-state index in [-0.39, 0.29) is 22.0 Å². The molecule has 0 fully saturated rings. The largest absolute Gasteiger partial charge is 0.282 e. The average Bonchev–Trinajstić information content (AvgIpc) is 2.75. The average molecular weight is 309 g/mol. The van der Waals surface area contributed by atoms with Gasteiger partial charge in [0.15, 0.2) is 11.5 Å². The molecule has 3 aromatic heterocycles. The van der Waals surface area contributed by atoms with Gasteiger partial charge in [0.25, 0.3) is 0 Å². The van der Waals surface area contributed by atoms with Gasteiger partial charge in [-0.05, 0) is 37.6 Å². The monoisotopic (exact) mass is 308 g/mol. The molecule has 0 aromatic carbocycles. The highest BCUT2D eigenvalue weighted by atomic mass is 35.5. The third-order valence-electron chi connectivity index (χ3n) is 3.06. The number of rotatable bonds is 2. The molecule has 0 radical (unpaired) electrons. The van der Waals surface area contributed by atoms with Gasteiger partial charge in [0, 0.05) is 12.4 Å². The van der Waals surface area contributed by atoms with Crippen molar-refractivity contribution in [2.24, 2.45) is 0 Å². The van der Waals surface area contributed by atoms with Gasteiger partial charge in [0.1, 0.15) is 11.5 Å². The minimum Gasteiger partial charge on any atom is -0.282 e. The van der Waals surface area contributed by atoms with Crippen LogP contribution < -0.4 is 0 Å². The topological polar surface area (TPSA) is 43.6 Å². The van der Waals surface area contributed by atoms with Crippen molar-refractivity contribution < 1.29 is 8.78 Å². The van der Waals surface area contributed by atoms with Gasteiger partial charge in [0.2, 0.25) is 5.28 Å². The number of pyridine rings is 1. The van der Waals surface area contributed by atoms with E-state index in [0.717, 1.165) is 0 Å². The molecule has 0 bridgehead atoms. The van der Waals surface area contributed by atoms with Crippen LogP contribution in [0, 0.1) is 5.82 Å². The Morgan fingerprint density at radius 2 is 2.00 bits per heavy atom. The SMILES string of the molecule is CC(C)(F)c1cccc(-n2cc(F)c3cnc(Cl)nc32)n1. The maximum Gasteiger partial charge on any atom is 0.224 e. The quantitative estimate of drug-likeness (QED) is 0.676. The second-order valence-corrected chi connectivity index (χ2v) is 5.41. The maximum atomic E-state index is 14.0. The fourth-order valence-electron chi connectivity index (χ4n) is 2.01. The standard InChI is InChI=1S/C14H11ClF2N4/c1-14(2,17)10-4-3-5-11(19-10)21-7-9(16)8-6-18-13(15)20-12(8)21/h3-7H,1-2H3. The van der Waals surface area contributed by atoms with Crippen LogP contribution in [-0.2, 0) is 5.67 Å². The Bertz CT molecular complexity index is 823. The van der Waals surface area contributed by atoms with Crippen molar-refractivity contribution in [3.8, 4) is 5.82 Å². The normalized spacial score (nSPS) is 12.0. The Kier molecular flexibility index (Phi) is 3.13. The molecule has 108 valence electrons. The lowest BCUT2D eigenvalue weighted by molar-refractivity contribution is 0.214. The van der Waals surface area contributed by atoms with Crippen LogP contribution in [0.15, 0.2) is 30.6 Å². The highest BCUT2D eigenvalue weighted by molar-refractivity contribution is 6.28. The van der Waals surface area contributed by atoms with Crippen LogP contribution in [0.3, 0.4) is 0 Å². The predicted octanol–water partition coefficient (Wildman–Crippen LogP) is 3.81. The van der Waals surface area contributed by atoms with E-state index in [2.05, 4.69) is 15.0 Å². The molecule has 0 aliphatic heterocycles. The summed E-state index contributed by atoms with van der Waals surface area (Å²) in [5.41, 5.74) is -1.05. The first-order chi connectivity index (χ1) is 9.86. The molecule has 0 N–H and O–H groups in total. The second-order valence-electron chi connectivity index (χ2n) is 5.08. The van der Waals surface area contributed by atoms with Crippen molar-refractivity contribution in [1.29, 1.82) is 0 Å². The zero-order chi connectivity index (χ0) is 15.2. The van der Waals surface area contributed by atoms with E-state index in [1.54, 1.807) is 18.2 Å². The number of nitrogens with zero attached hydrogens (tertiary/aromatic N) is 4. The highest BCUT2D eigenvalue weighted by Gasteiger charge is 2.21. The molecular weight excluding hydrogens is 298 g/mol. The van der Waals surface area contributed by atoms with Crippen LogP contribution in [0.5, 0.6) is 0 Å². The first-order valence-electron chi connectivity index (χ1n) is 6.22. The van der Waals surface area contributed by atoms with Crippen molar-refractivity contribution in [1.82, 2.24) is 19.5 Å². The summed E-state index contributed by atoms with van der Waals surface area (Å²) < 4.78 is 29.3. The van der Waals surface area contributed by atoms with E-state index < -0.39 is 11.5 Å². The molecule has 21 heavy (non-hydrogen) atoms. The molecule has 3 heterocycles. The molecular formula is C14H11ClF2N4. The molecule has 0 aliphatic rings. The number of aromatic nitrogens is 4. The van der Waals surface area contributed by atoms with Gasteiger partial charge in [-0.1, -0.05) is 6.07 Å². The summed E-state index contributed by atoms with van der Waals surface area (Å²) >= 11 is 5.75. The lowest BCUT2D eigenvalue weighted by Crippen LogP contribution is -2.13. The molecule has 3 aromatic rings. The van der Waals surface area contributed by atoms with Gasteiger partial charge in [-0.15, -0.1) is 0 Å². The van der Waals surface area contributed by atoms with E-state index in [0.29, 0.717) is 5.82 Å². The van der Waals surface area contributed by atoms with Crippen molar-refractivity contribution in [2.75, 3.05) is 0 Å². The summed E-state index contributed by atoms with van der Waals surface area (Å²) in [6.07, 6.45) is 2.53. The zero-order valence-electron chi connectivity index (χ0n) is 11.3. The summed E-state index contributed by atoms with van der Waals surface area (Å²) in [5.74, 6) is -0.129. The number of hydrogen-bond donors (Lipinski definition) is 0. The minimum absolute atomic E-state index is 0.00354. The zero-order valence-corrected chi connectivity index (χ0v) is 12.1. The molecule has 7 heteroatoms. The van der Waals surface area contributed by atoms with Gasteiger partial charge in [0.05, 0.1) is 11.1 Å². The first-order valence-corrected chi connectivity index (χ1v) is 6.60. The van der Waals surface area contributed by atoms with Gasteiger partial charge >= 0.3 is 0 Å². The molecule has 0 saturated heterocycles. The van der Waals surface area contributed by atoms with Crippen LogP contribution in [-0.4, -0.2) is 19.5 Å². The van der Waals surface area contributed by atoms with Crippen LogP contribution in [0.2, 0.25) is 5.28 Å². The lowest BCUT2D eigenvalue weighted by atomic mass is 10.1. The Balaban J connectivity index is 2.23. The van der Waals surface area contributed by atoms with E-state index in [1.165, 1.54) is 30.8 Å². The molecule has 0 aliphatic carbocycles. The second kappa shape index (κ2) is 4.73. The minimum atomic E-state index is -1.59. The molecule has 3 rings (SSSR count). The maximum absolute atomic E-state index is 14.0. The molecule has 0 atom stereocenters. The van der Waals surface area contributed by atoms with Crippen LogP contribution >= 0.6 is 11.6 Å². The molecule has 0 spiro atoms. The van der Waals surface area contributed by atoms with E-state index in [1.807, 2.05) is 0 Å². The van der Waals surface area contributed by atoms with Gasteiger partial charge in [-0.3, -0.25) is 4.57 Å². The fraction of sp³-hybridized carbons (Fsp3) is 0.214. The Labute approximate surface area is 124 Å². The lowest BCUT2D eigenvalue weighted by Gasteiger charge is -2.14. The molecule has 0 unspecified atom stereocenters. The summed E-state index contributed by atoms with van der Waals surface area (Å²) in [6.45, 7) is 2.82. The molecule has 0 amide bonds. The number of hydrogen-bond acceptors (Lipinski definition) is 3. The van der Waals surface area contributed by atoms with Gasteiger partial charge in [-0.25, -0.2) is 18.7 Å². The summed E-state index contributed by atoms with van der Waals surface area (Å²) in [4.78, 5) is 12.0. The van der Waals surface area contributed by atoms with Gasteiger partial charge < -0.3 is 0 Å². The van der Waals surface area contributed by atoms with E-state index in [9.17, 15) is 8.78 Å². The molecule has 4 nitrogen and oxygen atoms in total. The first kappa shape index (κ1) is 13.9. The van der Waals surface area contributed by atoms with Crippen molar-refractivity contribution in [2.45, 2.75) is 19.5 Å². The van der Waals surface area contributed by atoms with Crippen LogP contribution in [0.25, 0.3) is 16.9 Å². The summed E-state index contributed by atoms with van der Waals surface area (Å²) in [7, 11) is 0. The number of alkyl halides is 1. The van der Waals surface area contributed by atoms with Crippen molar-refractivity contribution in [3.63, 3.8) is 0 Å². The third kappa shape index (κ3) is 2.47.